The third kappa shape index (κ3) is 5.21. The van der Waals surface area contributed by atoms with Gasteiger partial charge in [-0.1, -0.05) is 14.8 Å². The van der Waals surface area contributed by atoms with Crippen LogP contribution in [0.4, 0.5) is 24.1 Å². The Bertz CT molecular complexity index is 1590. The van der Waals surface area contributed by atoms with Crippen molar-refractivity contribution < 1.29 is 42.1 Å². The molecule has 3 aromatic rings. The molecule has 6 N–H and O–H groups in total. The lowest BCUT2D eigenvalue weighted by molar-refractivity contribution is -0.662. The summed E-state index contributed by atoms with van der Waals surface area (Å²) in [5.74, 6) is -3.07. The first-order valence-electron chi connectivity index (χ1n) is 11.1. The lowest BCUT2D eigenvalue weighted by Crippen LogP contribution is -2.71. The minimum Gasteiger partial charge on any atom is -0.477 e. The van der Waals surface area contributed by atoms with Gasteiger partial charge in [0.05, 0.1) is 0 Å². The van der Waals surface area contributed by atoms with Crippen LogP contribution >= 0.6 is 23.3 Å². The predicted molar refractivity (Wildman–Crippen MR) is 132 cm³/mol. The highest BCUT2D eigenvalue weighted by Gasteiger charge is 2.54. The molecule has 20 heteroatoms. The van der Waals surface area contributed by atoms with Gasteiger partial charge in [0, 0.05) is 28.9 Å². The SMILES string of the molecule is Nc1ccc2n(cc[n+]2CC2=C(C(=O)O)N3C(=O)[C@@H](NC(=O)/C(=N\OCC(F)(F)F)c4nsc(N)n4)[C@H]3SC2)n1. The fourth-order valence-corrected chi connectivity index (χ4v) is 5.81. The van der Waals surface area contributed by atoms with Gasteiger partial charge < -0.3 is 26.7 Å². The van der Waals surface area contributed by atoms with Crippen LogP contribution < -0.4 is 21.4 Å². The van der Waals surface area contributed by atoms with Gasteiger partial charge in [-0.25, -0.2) is 9.36 Å². The Balaban J connectivity index is 1.35. The van der Waals surface area contributed by atoms with Crippen molar-refractivity contribution in [1.82, 2.24) is 29.2 Å². The van der Waals surface area contributed by atoms with Crippen molar-refractivity contribution in [3.8, 4) is 0 Å². The summed E-state index contributed by atoms with van der Waals surface area (Å²) in [5, 5.41) is 18.8. The molecule has 2 amide bonds. The molecule has 0 saturated carbocycles. The van der Waals surface area contributed by atoms with E-state index in [1.807, 2.05) is 0 Å². The highest BCUT2D eigenvalue weighted by molar-refractivity contribution is 8.00. The first-order chi connectivity index (χ1) is 18.9. The number of carbonyl (C=O) groups excluding carboxylic acids is 2. The summed E-state index contributed by atoms with van der Waals surface area (Å²) >= 11 is 1.87. The van der Waals surface area contributed by atoms with Crippen LogP contribution in [-0.4, -0.2) is 82.4 Å². The lowest BCUT2D eigenvalue weighted by Gasteiger charge is -2.49. The number of nitrogens with one attached hydrogen (secondary N) is 1. The molecule has 2 aliphatic heterocycles. The molecule has 210 valence electrons. The molecule has 1 saturated heterocycles. The van der Waals surface area contributed by atoms with Crippen molar-refractivity contribution in [3.05, 3.63) is 41.6 Å². The van der Waals surface area contributed by atoms with E-state index in [9.17, 15) is 32.7 Å². The van der Waals surface area contributed by atoms with E-state index < -0.39 is 53.5 Å². The molecule has 0 bridgehead atoms. The number of fused-ring (bicyclic) bond motifs is 2. The maximum atomic E-state index is 13.0. The van der Waals surface area contributed by atoms with E-state index in [4.69, 9.17) is 11.5 Å². The Labute approximate surface area is 229 Å². The Morgan fingerprint density at radius 3 is 2.77 bits per heavy atom. The number of thioether (sulfide) groups is 1. The number of nitrogen functional groups attached to an aromatic ring is 2. The first kappa shape index (κ1) is 27.1. The summed E-state index contributed by atoms with van der Waals surface area (Å²) in [6.07, 6.45) is -1.39. The third-order valence-electron chi connectivity index (χ3n) is 5.69. The van der Waals surface area contributed by atoms with E-state index in [1.165, 1.54) is 16.3 Å². The second-order valence-electron chi connectivity index (χ2n) is 8.39. The summed E-state index contributed by atoms with van der Waals surface area (Å²) in [4.78, 5) is 47.2. The highest BCUT2D eigenvalue weighted by Crippen LogP contribution is 2.40. The largest absolute Gasteiger partial charge is 0.477 e. The molecule has 5 heterocycles. The second-order valence-corrected chi connectivity index (χ2v) is 10.3. The molecule has 3 aromatic heterocycles. The van der Waals surface area contributed by atoms with Gasteiger partial charge in [-0.3, -0.25) is 14.5 Å². The number of carboxylic acid groups (broad SMARTS) is 1. The van der Waals surface area contributed by atoms with Crippen LogP contribution in [0.2, 0.25) is 0 Å². The number of oxime groups is 1. The minimum atomic E-state index is -4.73. The number of halogens is 3. The van der Waals surface area contributed by atoms with Crippen LogP contribution in [0.25, 0.3) is 5.65 Å². The molecule has 40 heavy (non-hydrogen) atoms. The maximum absolute atomic E-state index is 13.0. The number of nitrogens with zero attached hydrogens (tertiary/aromatic N) is 7. The molecular formula is C20H18F3N10O5S2+. The van der Waals surface area contributed by atoms with Gasteiger partial charge in [-0.15, -0.1) is 11.8 Å². The molecular weight excluding hydrogens is 581 g/mol. The average molecular weight is 600 g/mol. The van der Waals surface area contributed by atoms with Crippen molar-refractivity contribution >= 4 is 63.4 Å². The Kier molecular flexibility index (Phi) is 6.96. The van der Waals surface area contributed by atoms with Crippen molar-refractivity contribution in [1.29, 1.82) is 0 Å². The van der Waals surface area contributed by atoms with Gasteiger partial charge in [0.2, 0.25) is 18.1 Å². The molecule has 2 aliphatic rings. The molecule has 0 aromatic carbocycles. The van der Waals surface area contributed by atoms with Gasteiger partial charge in [0.25, 0.3) is 11.8 Å². The second kappa shape index (κ2) is 10.3. The standard InChI is InChI=1S/C20H17F3N10O5S2/c21-20(22,23)7-38-29-11(14-27-19(25)40-30-14)15(34)26-12-16(35)33-13(18(36)37)8(6-39-17(12)33)5-31-3-4-32-10(31)2-1-9(24)28-32/h1-4,12,17H,5-7H2,(H5-,24,25,26,27,28,30,34,36,37)/p+1/b29-11-/t12-,17-/m1/s1. The summed E-state index contributed by atoms with van der Waals surface area (Å²) in [6, 6.07) is 2.11. The number of rotatable bonds is 8. The number of hydrogen-bond acceptors (Lipinski definition) is 12. The van der Waals surface area contributed by atoms with E-state index >= 15 is 0 Å². The number of carbonyl (C=O) groups is 3. The van der Waals surface area contributed by atoms with E-state index in [0.29, 0.717) is 28.6 Å². The summed E-state index contributed by atoms with van der Waals surface area (Å²) in [5.41, 5.74) is 11.3. The van der Waals surface area contributed by atoms with Crippen LogP contribution in [-0.2, 0) is 25.8 Å². The van der Waals surface area contributed by atoms with Crippen LogP contribution in [0.15, 0.2) is 41.0 Å². The van der Waals surface area contributed by atoms with Crippen LogP contribution in [0.3, 0.4) is 0 Å². The number of alkyl halides is 3. The van der Waals surface area contributed by atoms with Gasteiger partial charge >= 0.3 is 17.8 Å². The van der Waals surface area contributed by atoms with Crippen molar-refractivity contribution in [2.24, 2.45) is 5.16 Å². The van der Waals surface area contributed by atoms with Crippen LogP contribution in [0.1, 0.15) is 5.82 Å². The molecule has 2 atom stereocenters. The molecule has 5 rings (SSSR count). The number of imidazole rings is 1. The van der Waals surface area contributed by atoms with Crippen LogP contribution in [0, 0.1) is 0 Å². The number of aromatic nitrogens is 5. The minimum absolute atomic E-state index is 0.0862. The number of β-lactam (4-membered cyclic amide) rings is 1. The molecule has 0 radical (unpaired) electrons. The van der Waals surface area contributed by atoms with Crippen LogP contribution in [0.5, 0.6) is 0 Å². The van der Waals surface area contributed by atoms with Crippen molar-refractivity contribution in [3.63, 3.8) is 0 Å². The number of amides is 2. The smallest absolute Gasteiger partial charge is 0.425 e. The molecule has 0 unspecified atom stereocenters. The fourth-order valence-electron chi connectivity index (χ4n) is 4.04. The van der Waals surface area contributed by atoms with Gasteiger partial charge in [0.1, 0.15) is 29.9 Å². The fraction of sp³-hybridized carbons (Fsp3) is 0.300. The van der Waals surface area contributed by atoms with Gasteiger partial charge in [-0.2, -0.15) is 22.5 Å². The van der Waals surface area contributed by atoms with E-state index in [1.54, 1.807) is 29.1 Å². The molecule has 0 spiro atoms. The molecule has 0 aliphatic carbocycles. The Hall–Kier alpha value is -4.46. The zero-order valence-corrected chi connectivity index (χ0v) is 21.5. The number of hydrogen-bond donors (Lipinski definition) is 4. The molecule has 1 fully saturated rings. The predicted octanol–water partition coefficient (Wildman–Crippen LogP) is -0.640. The van der Waals surface area contributed by atoms with E-state index in [-0.39, 0.29) is 23.1 Å². The number of nitrogens with two attached hydrogens (primary N) is 2. The molecule has 15 nitrogen and oxygen atoms in total. The normalized spacial score (nSPS) is 19.4. The first-order valence-corrected chi connectivity index (χ1v) is 13.0. The average Bonchev–Trinajstić information content (AvgIpc) is 3.49. The van der Waals surface area contributed by atoms with Gasteiger partial charge in [0.15, 0.2) is 17.1 Å². The quantitative estimate of drug-likeness (QED) is 0.111. The Morgan fingerprint density at radius 1 is 1.32 bits per heavy atom. The lowest BCUT2D eigenvalue weighted by atomic mass is 10.0. The summed E-state index contributed by atoms with van der Waals surface area (Å²) in [6.45, 7) is -1.65. The van der Waals surface area contributed by atoms with E-state index in [0.717, 1.165) is 4.90 Å². The van der Waals surface area contributed by atoms with E-state index in [2.05, 4.69) is 29.8 Å². The monoisotopic (exact) mass is 599 g/mol. The number of anilines is 2. The number of aliphatic carboxylic acids is 1. The number of carboxylic acids is 1. The summed E-state index contributed by atoms with van der Waals surface area (Å²) in [7, 11) is 0. The maximum Gasteiger partial charge on any atom is 0.425 e. The zero-order valence-electron chi connectivity index (χ0n) is 19.9. The van der Waals surface area contributed by atoms with Crippen molar-refractivity contribution in [2.75, 3.05) is 23.8 Å². The zero-order chi connectivity index (χ0) is 28.8. The summed E-state index contributed by atoms with van der Waals surface area (Å²) < 4.78 is 44.6. The Morgan fingerprint density at radius 2 is 2.10 bits per heavy atom. The highest BCUT2D eigenvalue weighted by atomic mass is 32.2. The topological polar surface area (TPSA) is 207 Å². The van der Waals surface area contributed by atoms with Gasteiger partial charge in [-0.05, 0) is 6.07 Å². The third-order valence-corrected chi connectivity index (χ3v) is 7.58. The van der Waals surface area contributed by atoms with Crippen molar-refractivity contribution in [2.45, 2.75) is 24.1 Å².